The van der Waals surface area contributed by atoms with Crippen molar-refractivity contribution in [3.8, 4) is 11.5 Å². The first-order chi connectivity index (χ1) is 12.6. The molecule has 1 unspecified atom stereocenters. The van der Waals surface area contributed by atoms with Crippen LogP contribution < -0.4 is 4.74 Å². The molecule has 0 fully saturated rings. The Kier molecular flexibility index (Phi) is 6.42. The highest BCUT2D eigenvalue weighted by Crippen LogP contribution is 2.27. The maximum atomic E-state index is 10.1. The molecule has 0 aliphatic rings. The third kappa shape index (κ3) is 4.93. The zero-order chi connectivity index (χ0) is 18.4. The van der Waals surface area contributed by atoms with Gasteiger partial charge in [-0.3, -0.25) is 0 Å². The second-order valence-electron chi connectivity index (χ2n) is 6.39. The number of phenols is 1. The first kappa shape index (κ1) is 18.6. The van der Waals surface area contributed by atoms with E-state index < -0.39 is 6.10 Å². The van der Waals surface area contributed by atoms with Gasteiger partial charge in [-0.2, -0.15) is 11.8 Å². The van der Waals surface area contributed by atoms with Gasteiger partial charge in [-0.25, -0.2) is 0 Å². The Morgan fingerprint density at radius 3 is 2.50 bits per heavy atom. The molecule has 3 rings (SSSR count). The van der Waals surface area contributed by atoms with Gasteiger partial charge in [0.25, 0.3) is 0 Å². The van der Waals surface area contributed by atoms with Gasteiger partial charge in [0.2, 0.25) is 0 Å². The number of aryl methyl sites for hydroxylation is 2. The Hall–Kier alpha value is -2.17. The van der Waals surface area contributed by atoms with E-state index in [1.54, 1.807) is 17.8 Å². The van der Waals surface area contributed by atoms with Crippen molar-refractivity contribution in [1.29, 1.82) is 0 Å². The number of benzene rings is 3. The number of aliphatic hydroxyl groups is 1. The molecule has 0 saturated carbocycles. The van der Waals surface area contributed by atoms with Gasteiger partial charge in [0.05, 0.1) is 6.10 Å². The average molecular weight is 368 g/mol. The number of fused-ring (bicyclic) bond motifs is 1. The topological polar surface area (TPSA) is 49.7 Å². The van der Waals surface area contributed by atoms with Crippen LogP contribution in [0.3, 0.4) is 0 Å². The highest BCUT2D eigenvalue weighted by atomic mass is 32.2. The molecule has 3 aromatic carbocycles. The number of thioether (sulfide) groups is 1. The lowest BCUT2D eigenvalue weighted by molar-refractivity contribution is 0.126. The third-order valence-corrected chi connectivity index (χ3v) is 5.39. The van der Waals surface area contributed by atoms with E-state index in [2.05, 4.69) is 6.07 Å². The van der Waals surface area contributed by atoms with Crippen LogP contribution in [0.5, 0.6) is 11.5 Å². The fourth-order valence-electron chi connectivity index (χ4n) is 2.85. The summed E-state index contributed by atoms with van der Waals surface area (Å²) in [6.07, 6.45) is 0.412. The quantitative estimate of drug-likeness (QED) is 0.572. The van der Waals surface area contributed by atoms with Crippen LogP contribution in [0.15, 0.2) is 60.7 Å². The molecular weight excluding hydrogens is 344 g/mol. The van der Waals surface area contributed by atoms with E-state index in [1.165, 1.54) is 11.1 Å². The van der Waals surface area contributed by atoms with Crippen molar-refractivity contribution in [1.82, 2.24) is 0 Å². The summed E-state index contributed by atoms with van der Waals surface area (Å²) >= 11 is 1.71. The SMILES string of the molecule is Cc1ccc(OCC(O)CSCCc2cccc3c(O)cccc23)cc1. The van der Waals surface area contributed by atoms with Gasteiger partial charge in [-0.05, 0) is 48.2 Å². The monoisotopic (exact) mass is 368 g/mol. The Morgan fingerprint density at radius 1 is 0.962 bits per heavy atom. The van der Waals surface area contributed by atoms with E-state index >= 15 is 0 Å². The minimum Gasteiger partial charge on any atom is -0.507 e. The number of hydrogen-bond donors (Lipinski definition) is 2. The summed E-state index contributed by atoms with van der Waals surface area (Å²) in [4.78, 5) is 0. The molecule has 3 nitrogen and oxygen atoms in total. The molecule has 136 valence electrons. The molecule has 0 aliphatic heterocycles. The van der Waals surface area contributed by atoms with Crippen molar-refractivity contribution in [2.45, 2.75) is 19.4 Å². The molecular formula is C22H24O3S. The number of ether oxygens (including phenoxy) is 1. The van der Waals surface area contributed by atoms with E-state index in [-0.39, 0.29) is 0 Å². The van der Waals surface area contributed by atoms with Crippen LogP contribution >= 0.6 is 11.8 Å². The predicted molar refractivity (Wildman–Crippen MR) is 109 cm³/mol. The molecule has 0 saturated heterocycles. The number of aliphatic hydroxyl groups excluding tert-OH is 1. The van der Waals surface area contributed by atoms with E-state index in [9.17, 15) is 10.2 Å². The molecule has 0 aliphatic carbocycles. The first-order valence-corrected chi connectivity index (χ1v) is 9.94. The molecule has 3 aromatic rings. The van der Waals surface area contributed by atoms with Gasteiger partial charge < -0.3 is 14.9 Å². The molecule has 0 amide bonds. The number of phenolic OH excluding ortho intramolecular Hbond substituents is 1. The van der Waals surface area contributed by atoms with Crippen LogP contribution in [-0.4, -0.2) is 34.4 Å². The number of hydrogen-bond acceptors (Lipinski definition) is 4. The lowest BCUT2D eigenvalue weighted by Gasteiger charge is -2.13. The maximum absolute atomic E-state index is 10.1. The second-order valence-corrected chi connectivity index (χ2v) is 7.54. The van der Waals surface area contributed by atoms with Crippen molar-refractivity contribution in [3.05, 3.63) is 71.8 Å². The summed E-state index contributed by atoms with van der Waals surface area (Å²) in [5.74, 6) is 2.66. The summed E-state index contributed by atoms with van der Waals surface area (Å²) in [6.45, 7) is 2.34. The fraction of sp³-hybridized carbons (Fsp3) is 0.273. The van der Waals surface area contributed by atoms with E-state index in [1.807, 2.05) is 55.5 Å². The Morgan fingerprint density at radius 2 is 1.69 bits per heavy atom. The summed E-state index contributed by atoms with van der Waals surface area (Å²) in [6, 6.07) is 19.5. The standard InChI is InChI=1S/C22H24O3S/c1-16-8-10-19(11-9-16)25-14-18(23)15-26-13-12-17-4-2-6-21-20(17)5-3-7-22(21)24/h2-11,18,23-24H,12-15H2,1H3. The largest absolute Gasteiger partial charge is 0.507 e. The zero-order valence-electron chi connectivity index (χ0n) is 14.9. The Labute approximate surface area is 158 Å². The second kappa shape index (κ2) is 8.97. The smallest absolute Gasteiger partial charge is 0.123 e. The molecule has 2 N–H and O–H groups in total. The molecule has 1 atom stereocenters. The van der Waals surface area contributed by atoms with Crippen LogP contribution in [0.2, 0.25) is 0 Å². The van der Waals surface area contributed by atoms with Crippen LogP contribution in [-0.2, 0) is 6.42 Å². The van der Waals surface area contributed by atoms with Crippen LogP contribution in [0.1, 0.15) is 11.1 Å². The van der Waals surface area contributed by atoms with Crippen molar-refractivity contribution in [3.63, 3.8) is 0 Å². The molecule has 0 heterocycles. The van der Waals surface area contributed by atoms with E-state index in [0.29, 0.717) is 18.1 Å². The van der Waals surface area contributed by atoms with Crippen molar-refractivity contribution in [2.24, 2.45) is 0 Å². The van der Waals surface area contributed by atoms with Crippen molar-refractivity contribution in [2.75, 3.05) is 18.1 Å². The molecule has 0 radical (unpaired) electrons. The Balaban J connectivity index is 1.44. The average Bonchev–Trinajstić information content (AvgIpc) is 2.65. The highest BCUT2D eigenvalue weighted by molar-refractivity contribution is 7.99. The van der Waals surface area contributed by atoms with Crippen molar-refractivity contribution < 1.29 is 14.9 Å². The molecule has 0 spiro atoms. The van der Waals surface area contributed by atoms with Crippen LogP contribution in [0.25, 0.3) is 10.8 Å². The third-order valence-electron chi connectivity index (χ3n) is 4.28. The molecule has 0 aromatic heterocycles. The van der Waals surface area contributed by atoms with E-state index in [0.717, 1.165) is 28.7 Å². The van der Waals surface area contributed by atoms with Gasteiger partial charge in [-0.1, -0.05) is 48.0 Å². The van der Waals surface area contributed by atoms with Gasteiger partial charge in [0, 0.05) is 11.1 Å². The maximum Gasteiger partial charge on any atom is 0.123 e. The number of rotatable bonds is 8. The predicted octanol–water partition coefficient (Wildman–Crippen LogP) is 4.57. The lowest BCUT2D eigenvalue weighted by Crippen LogP contribution is -2.20. The highest BCUT2D eigenvalue weighted by Gasteiger charge is 2.07. The summed E-state index contributed by atoms with van der Waals surface area (Å²) in [5.41, 5.74) is 2.41. The normalized spacial score (nSPS) is 12.2. The van der Waals surface area contributed by atoms with Gasteiger partial charge >= 0.3 is 0 Å². The summed E-state index contributed by atoms with van der Waals surface area (Å²) in [7, 11) is 0. The van der Waals surface area contributed by atoms with Crippen LogP contribution in [0.4, 0.5) is 0 Å². The molecule has 0 bridgehead atoms. The summed E-state index contributed by atoms with van der Waals surface area (Å²) < 4.78 is 5.62. The lowest BCUT2D eigenvalue weighted by atomic mass is 10.0. The van der Waals surface area contributed by atoms with Crippen LogP contribution in [0, 0.1) is 6.92 Å². The first-order valence-electron chi connectivity index (χ1n) is 8.78. The number of aromatic hydroxyl groups is 1. The van der Waals surface area contributed by atoms with Gasteiger partial charge in [-0.15, -0.1) is 0 Å². The fourth-order valence-corrected chi connectivity index (χ4v) is 3.75. The minimum atomic E-state index is -0.488. The van der Waals surface area contributed by atoms with Gasteiger partial charge in [0.15, 0.2) is 0 Å². The van der Waals surface area contributed by atoms with Gasteiger partial charge in [0.1, 0.15) is 18.1 Å². The molecule has 26 heavy (non-hydrogen) atoms. The minimum absolute atomic E-state index is 0.304. The summed E-state index contributed by atoms with van der Waals surface area (Å²) in [5, 5.41) is 22.0. The van der Waals surface area contributed by atoms with Crippen molar-refractivity contribution >= 4 is 22.5 Å². The molecule has 4 heteroatoms. The Bertz CT molecular complexity index is 846. The zero-order valence-corrected chi connectivity index (χ0v) is 15.7. The van der Waals surface area contributed by atoms with E-state index in [4.69, 9.17) is 4.74 Å².